The number of rotatable bonds is 5. The van der Waals surface area contributed by atoms with Gasteiger partial charge in [-0.25, -0.2) is 0 Å². The Morgan fingerprint density at radius 1 is 1.25 bits per heavy atom. The van der Waals surface area contributed by atoms with Crippen LogP contribution in [-0.2, 0) is 9.53 Å². The van der Waals surface area contributed by atoms with Crippen molar-refractivity contribution in [1.29, 1.82) is 0 Å². The summed E-state index contributed by atoms with van der Waals surface area (Å²) in [5, 5.41) is 9.50. The van der Waals surface area contributed by atoms with Crippen molar-refractivity contribution in [2.45, 2.75) is 64.0 Å². The molecule has 4 heteroatoms. The van der Waals surface area contributed by atoms with E-state index in [1.54, 1.807) is 7.11 Å². The molecule has 0 bridgehead atoms. The third-order valence-electron chi connectivity index (χ3n) is 5.22. The smallest absolute Gasteiger partial charge is 0.308 e. The number of nitrogens with zero attached hydrogens (tertiary/aromatic N) is 1. The minimum atomic E-state index is -0.598. The molecule has 2 rings (SSSR count). The average Bonchev–Trinajstić information content (AvgIpc) is 2.47. The second-order valence-electron chi connectivity index (χ2n) is 6.45. The summed E-state index contributed by atoms with van der Waals surface area (Å²) in [4.78, 5) is 14.0. The van der Waals surface area contributed by atoms with Gasteiger partial charge in [-0.1, -0.05) is 19.8 Å². The summed E-state index contributed by atoms with van der Waals surface area (Å²) in [6, 6.07) is 0.246. The second-order valence-corrected chi connectivity index (χ2v) is 6.45. The molecule has 0 aromatic carbocycles. The van der Waals surface area contributed by atoms with E-state index in [0.29, 0.717) is 6.10 Å². The van der Waals surface area contributed by atoms with E-state index in [9.17, 15) is 9.90 Å². The van der Waals surface area contributed by atoms with Crippen LogP contribution < -0.4 is 0 Å². The minimum Gasteiger partial charge on any atom is -0.481 e. The maximum absolute atomic E-state index is 11.5. The quantitative estimate of drug-likeness (QED) is 0.843. The Morgan fingerprint density at radius 3 is 2.50 bits per heavy atom. The maximum atomic E-state index is 11.5. The highest BCUT2D eigenvalue weighted by Crippen LogP contribution is 2.36. The van der Waals surface area contributed by atoms with Gasteiger partial charge in [-0.3, -0.25) is 9.69 Å². The van der Waals surface area contributed by atoms with Crippen LogP contribution in [0.25, 0.3) is 0 Å². The molecule has 1 aliphatic heterocycles. The number of piperidine rings is 1. The summed E-state index contributed by atoms with van der Waals surface area (Å²) >= 11 is 0. The fourth-order valence-electron chi connectivity index (χ4n) is 4.04. The lowest BCUT2D eigenvalue weighted by Crippen LogP contribution is -2.50. The van der Waals surface area contributed by atoms with Crippen LogP contribution >= 0.6 is 0 Å². The maximum Gasteiger partial charge on any atom is 0.308 e. The molecule has 1 heterocycles. The average molecular weight is 283 g/mol. The zero-order chi connectivity index (χ0) is 14.5. The van der Waals surface area contributed by atoms with Crippen LogP contribution in [0.1, 0.15) is 51.9 Å². The molecule has 3 atom stereocenters. The molecule has 116 valence electrons. The van der Waals surface area contributed by atoms with E-state index in [1.165, 1.54) is 12.8 Å². The fourth-order valence-corrected chi connectivity index (χ4v) is 4.04. The standard InChI is InChI=1S/C16H29NO3/c1-3-4-12-5-6-14(16(18)19)15(11-12)17-9-7-13(20-2)8-10-17/h12-15H,3-11H2,1-2H3,(H,18,19). The van der Waals surface area contributed by atoms with Crippen LogP contribution in [0.2, 0.25) is 0 Å². The van der Waals surface area contributed by atoms with E-state index in [0.717, 1.165) is 51.1 Å². The van der Waals surface area contributed by atoms with Crippen molar-refractivity contribution < 1.29 is 14.6 Å². The van der Waals surface area contributed by atoms with Crippen LogP contribution in [0.3, 0.4) is 0 Å². The molecule has 1 saturated carbocycles. The van der Waals surface area contributed by atoms with Gasteiger partial charge >= 0.3 is 5.97 Å². The first-order chi connectivity index (χ1) is 9.65. The largest absolute Gasteiger partial charge is 0.481 e. The molecule has 1 N–H and O–H groups in total. The molecule has 0 aromatic rings. The number of carboxylic acids is 1. The molecular formula is C16H29NO3. The molecular weight excluding hydrogens is 254 g/mol. The SMILES string of the molecule is CCCC1CCC(C(=O)O)C(N2CCC(OC)CC2)C1. The summed E-state index contributed by atoms with van der Waals surface area (Å²) in [5.41, 5.74) is 0. The first-order valence-electron chi connectivity index (χ1n) is 8.15. The number of hydrogen-bond acceptors (Lipinski definition) is 3. The molecule has 0 aromatic heterocycles. The molecule has 1 aliphatic carbocycles. The van der Waals surface area contributed by atoms with E-state index in [-0.39, 0.29) is 12.0 Å². The van der Waals surface area contributed by atoms with E-state index >= 15 is 0 Å². The van der Waals surface area contributed by atoms with E-state index in [4.69, 9.17) is 4.74 Å². The lowest BCUT2D eigenvalue weighted by atomic mass is 9.75. The normalized spacial score (nSPS) is 33.2. The van der Waals surface area contributed by atoms with Gasteiger partial charge < -0.3 is 9.84 Å². The number of hydrogen-bond donors (Lipinski definition) is 1. The van der Waals surface area contributed by atoms with E-state index in [2.05, 4.69) is 11.8 Å². The molecule has 3 unspecified atom stereocenters. The third kappa shape index (κ3) is 3.73. The molecule has 0 amide bonds. The molecule has 20 heavy (non-hydrogen) atoms. The number of aliphatic carboxylic acids is 1. The Bertz CT molecular complexity index is 313. The van der Waals surface area contributed by atoms with Crippen molar-refractivity contribution in [3.63, 3.8) is 0 Å². The Morgan fingerprint density at radius 2 is 1.95 bits per heavy atom. The lowest BCUT2D eigenvalue weighted by Gasteiger charge is -2.44. The van der Waals surface area contributed by atoms with Crippen LogP contribution in [0.4, 0.5) is 0 Å². The highest BCUT2D eigenvalue weighted by atomic mass is 16.5. The van der Waals surface area contributed by atoms with Gasteiger partial charge in [0.25, 0.3) is 0 Å². The molecule has 0 radical (unpaired) electrons. The molecule has 2 fully saturated rings. The first-order valence-corrected chi connectivity index (χ1v) is 8.15. The van der Waals surface area contributed by atoms with Crippen molar-refractivity contribution in [2.75, 3.05) is 20.2 Å². The number of carbonyl (C=O) groups is 1. The third-order valence-corrected chi connectivity index (χ3v) is 5.22. The van der Waals surface area contributed by atoms with Crippen molar-refractivity contribution in [1.82, 2.24) is 4.90 Å². The number of likely N-dealkylation sites (tertiary alicyclic amines) is 1. The van der Waals surface area contributed by atoms with Gasteiger partial charge in [-0.2, -0.15) is 0 Å². The van der Waals surface area contributed by atoms with Gasteiger partial charge in [0.1, 0.15) is 0 Å². The fraction of sp³-hybridized carbons (Fsp3) is 0.938. The first kappa shape index (κ1) is 15.8. The monoisotopic (exact) mass is 283 g/mol. The molecule has 1 saturated heterocycles. The van der Waals surface area contributed by atoms with Gasteiger partial charge in [0.15, 0.2) is 0 Å². The van der Waals surface area contributed by atoms with Crippen LogP contribution in [0.5, 0.6) is 0 Å². The van der Waals surface area contributed by atoms with Gasteiger partial charge in [-0.05, 0) is 38.0 Å². The summed E-state index contributed by atoms with van der Waals surface area (Å²) in [7, 11) is 1.78. The zero-order valence-electron chi connectivity index (χ0n) is 12.9. The highest BCUT2D eigenvalue weighted by Gasteiger charge is 2.39. The van der Waals surface area contributed by atoms with E-state index < -0.39 is 5.97 Å². The predicted molar refractivity (Wildman–Crippen MR) is 78.8 cm³/mol. The summed E-state index contributed by atoms with van der Waals surface area (Å²) in [6.07, 6.45) is 7.92. The summed E-state index contributed by atoms with van der Waals surface area (Å²) in [5.74, 6) is -0.0400. The van der Waals surface area contributed by atoms with Crippen LogP contribution in [-0.4, -0.2) is 48.3 Å². The zero-order valence-corrected chi connectivity index (χ0v) is 12.9. The number of ether oxygens (including phenoxy) is 1. The van der Waals surface area contributed by atoms with Gasteiger partial charge in [0.05, 0.1) is 12.0 Å². The molecule has 2 aliphatic rings. The Balaban J connectivity index is 1.98. The molecule has 0 spiro atoms. The van der Waals surface area contributed by atoms with Crippen molar-refractivity contribution in [2.24, 2.45) is 11.8 Å². The molecule has 4 nitrogen and oxygen atoms in total. The topological polar surface area (TPSA) is 49.8 Å². The van der Waals surface area contributed by atoms with Crippen molar-refractivity contribution in [3.05, 3.63) is 0 Å². The van der Waals surface area contributed by atoms with E-state index in [1.807, 2.05) is 0 Å². The Hall–Kier alpha value is -0.610. The summed E-state index contributed by atoms with van der Waals surface area (Å²) < 4.78 is 5.42. The second kappa shape index (κ2) is 7.41. The van der Waals surface area contributed by atoms with Crippen LogP contribution in [0.15, 0.2) is 0 Å². The lowest BCUT2D eigenvalue weighted by molar-refractivity contribution is -0.147. The van der Waals surface area contributed by atoms with Crippen LogP contribution in [0, 0.1) is 11.8 Å². The predicted octanol–water partition coefficient (Wildman–Crippen LogP) is 2.77. The summed E-state index contributed by atoms with van der Waals surface area (Å²) in [6.45, 7) is 4.21. The van der Waals surface area contributed by atoms with Crippen molar-refractivity contribution >= 4 is 5.97 Å². The highest BCUT2D eigenvalue weighted by molar-refractivity contribution is 5.71. The minimum absolute atomic E-state index is 0.165. The number of methoxy groups -OCH3 is 1. The van der Waals surface area contributed by atoms with Gasteiger partial charge in [-0.15, -0.1) is 0 Å². The number of carboxylic acid groups (broad SMARTS) is 1. The van der Waals surface area contributed by atoms with Gasteiger partial charge in [0.2, 0.25) is 0 Å². The Kier molecular flexibility index (Phi) is 5.85. The van der Waals surface area contributed by atoms with Crippen molar-refractivity contribution in [3.8, 4) is 0 Å². The Labute approximate surface area is 122 Å². The van der Waals surface area contributed by atoms with Gasteiger partial charge in [0, 0.05) is 26.2 Å².